The molecule has 0 bridgehead atoms. The van der Waals surface area contributed by atoms with E-state index >= 15 is 0 Å². The van der Waals surface area contributed by atoms with Crippen molar-refractivity contribution in [2.75, 3.05) is 25.1 Å². The molecule has 0 heterocycles. The zero-order valence-corrected chi connectivity index (χ0v) is 14.9. The zero-order valence-electron chi connectivity index (χ0n) is 14.9. The van der Waals surface area contributed by atoms with E-state index in [1.54, 1.807) is 12.1 Å². The standard InChI is InChI=1S/C17H22F7NO/c1-5-25(6-2)13-9-7-12(8-10-13)14(3,26-4)11-15(18,19)16(20,21)17(22,23)24/h7-10H,5-6,11H2,1-4H3. The minimum atomic E-state index is -6.36. The summed E-state index contributed by atoms with van der Waals surface area (Å²) in [6, 6.07) is 5.94. The summed E-state index contributed by atoms with van der Waals surface area (Å²) in [5, 5.41) is 0. The lowest BCUT2D eigenvalue weighted by Crippen LogP contribution is -2.54. The maximum Gasteiger partial charge on any atom is 0.459 e. The minimum Gasteiger partial charge on any atom is -0.374 e. The van der Waals surface area contributed by atoms with Gasteiger partial charge in [-0.2, -0.15) is 30.7 Å². The van der Waals surface area contributed by atoms with Crippen molar-refractivity contribution in [1.82, 2.24) is 0 Å². The van der Waals surface area contributed by atoms with Crippen LogP contribution in [0.1, 0.15) is 32.8 Å². The first-order valence-electron chi connectivity index (χ1n) is 7.98. The van der Waals surface area contributed by atoms with Gasteiger partial charge in [0.2, 0.25) is 0 Å². The van der Waals surface area contributed by atoms with E-state index in [4.69, 9.17) is 4.74 Å². The van der Waals surface area contributed by atoms with Crippen LogP contribution in [0.15, 0.2) is 24.3 Å². The highest BCUT2D eigenvalue weighted by Gasteiger charge is 2.73. The molecule has 1 unspecified atom stereocenters. The molecule has 0 radical (unpaired) electrons. The summed E-state index contributed by atoms with van der Waals surface area (Å²) in [5.74, 6) is -11.5. The second-order valence-corrected chi connectivity index (χ2v) is 6.11. The normalized spacial score (nSPS) is 15.7. The van der Waals surface area contributed by atoms with Crippen LogP contribution in [0.25, 0.3) is 0 Å². The van der Waals surface area contributed by atoms with E-state index in [0.29, 0.717) is 13.1 Å². The molecule has 0 amide bonds. The molecule has 0 aromatic heterocycles. The van der Waals surface area contributed by atoms with Crippen LogP contribution in [0, 0.1) is 0 Å². The molecule has 0 N–H and O–H groups in total. The third kappa shape index (κ3) is 4.24. The van der Waals surface area contributed by atoms with Crippen molar-refractivity contribution in [3.8, 4) is 0 Å². The minimum absolute atomic E-state index is 0.0774. The van der Waals surface area contributed by atoms with Crippen molar-refractivity contribution in [2.24, 2.45) is 0 Å². The van der Waals surface area contributed by atoms with Crippen molar-refractivity contribution in [3.05, 3.63) is 29.8 Å². The number of halogens is 7. The largest absolute Gasteiger partial charge is 0.459 e. The first-order chi connectivity index (χ1) is 11.8. The van der Waals surface area contributed by atoms with Gasteiger partial charge in [-0.25, -0.2) is 0 Å². The van der Waals surface area contributed by atoms with Gasteiger partial charge in [0.1, 0.15) is 0 Å². The fourth-order valence-corrected chi connectivity index (χ4v) is 2.65. The van der Waals surface area contributed by atoms with Crippen molar-refractivity contribution in [3.63, 3.8) is 0 Å². The molecular formula is C17H22F7NO. The molecule has 26 heavy (non-hydrogen) atoms. The number of anilines is 1. The molecule has 0 fully saturated rings. The second-order valence-electron chi connectivity index (χ2n) is 6.11. The predicted octanol–water partition coefficient (Wildman–Crippen LogP) is 5.62. The van der Waals surface area contributed by atoms with Crippen molar-refractivity contribution >= 4 is 5.69 Å². The van der Waals surface area contributed by atoms with E-state index in [2.05, 4.69) is 0 Å². The molecule has 1 rings (SSSR count). The van der Waals surface area contributed by atoms with Crippen molar-refractivity contribution < 1.29 is 35.5 Å². The number of ether oxygens (including phenoxy) is 1. The van der Waals surface area contributed by atoms with E-state index in [1.165, 1.54) is 12.1 Å². The monoisotopic (exact) mass is 389 g/mol. The van der Waals surface area contributed by atoms with Crippen LogP contribution in [0.2, 0.25) is 0 Å². The molecule has 0 spiro atoms. The second kappa shape index (κ2) is 7.62. The smallest absolute Gasteiger partial charge is 0.374 e. The summed E-state index contributed by atoms with van der Waals surface area (Å²) in [7, 11) is 0.986. The van der Waals surface area contributed by atoms with E-state index in [-0.39, 0.29) is 5.56 Å². The van der Waals surface area contributed by atoms with Gasteiger partial charge >= 0.3 is 18.0 Å². The summed E-state index contributed by atoms with van der Waals surface area (Å²) >= 11 is 0. The fraction of sp³-hybridized carbons (Fsp3) is 0.647. The highest BCUT2D eigenvalue weighted by Crippen LogP contribution is 2.51. The Morgan fingerprint density at radius 2 is 1.35 bits per heavy atom. The van der Waals surface area contributed by atoms with Crippen LogP contribution in [-0.4, -0.2) is 38.2 Å². The van der Waals surface area contributed by atoms with E-state index < -0.39 is 30.0 Å². The molecule has 1 aromatic carbocycles. The third-order valence-corrected chi connectivity index (χ3v) is 4.43. The molecule has 1 atom stereocenters. The van der Waals surface area contributed by atoms with Crippen LogP contribution in [-0.2, 0) is 10.3 Å². The quantitative estimate of drug-likeness (QED) is 0.536. The SMILES string of the molecule is CCN(CC)c1ccc(C(C)(CC(F)(F)C(F)(F)C(F)(F)F)OC)cc1. The van der Waals surface area contributed by atoms with Crippen LogP contribution in [0.4, 0.5) is 36.4 Å². The number of alkyl halides is 7. The summed E-state index contributed by atoms with van der Waals surface area (Å²) < 4.78 is 96.1. The average Bonchev–Trinajstić information content (AvgIpc) is 2.55. The Morgan fingerprint density at radius 3 is 1.69 bits per heavy atom. The van der Waals surface area contributed by atoms with Gasteiger partial charge in [0.15, 0.2) is 0 Å². The molecule has 9 heteroatoms. The molecular weight excluding hydrogens is 367 g/mol. The van der Waals surface area contributed by atoms with E-state index in [1.807, 2.05) is 18.7 Å². The number of hydrogen-bond donors (Lipinski definition) is 0. The molecule has 150 valence electrons. The Hall–Kier alpha value is -1.51. The Bertz CT molecular complexity index is 582. The Morgan fingerprint density at radius 1 is 0.885 bits per heavy atom. The van der Waals surface area contributed by atoms with Gasteiger partial charge in [0.05, 0.1) is 12.0 Å². The Kier molecular flexibility index (Phi) is 6.60. The lowest BCUT2D eigenvalue weighted by atomic mass is 9.87. The Balaban J connectivity index is 3.19. The Labute approximate surface area is 147 Å². The van der Waals surface area contributed by atoms with Gasteiger partial charge in [0.25, 0.3) is 0 Å². The van der Waals surface area contributed by atoms with Crippen LogP contribution in [0.3, 0.4) is 0 Å². The van der Waals surface area contributed by atoms with Crippen LogP contribution < -0.4 is 4.90 Å². The maximum atomic E-state index is 13.8. The summed E-state index contributed by atoms with van der Waals surface area (Å²) in [4.78, 5) is 1.96. The van der Waals surface area contributed by atoms with Gasteiger partial charge in [-0.05, 0) is 38.5 Å². The average molecular weight is 389 g/mol. The van der Waals surface area contributed by atoms with Gasteiger partial charge in [-0.3, -0.25) is 0 Å². The van der Waals surface area contributed by atoms with Gasteiger partial charge in [-0.1, -0.05) is 12.1 Å². The molecule has 1 aromatic rings. The predicted molar refractivity (Wildman–Crippen MR) is 84.9 cm³/mol. The highest BCUT2D eigenvalue weighted by molar-refractivity contribution is 5.48. The summed E-state index contributed by atoms with van der Waals surface area (Å²) in [5.41, 5.74) is -1.18. The topological polar surface area (TPSA) is 12.5 Å². The lowest BCUT2D eigenvalue weighted by Gasteiger charge is -2.36. The molecule has 2 nitrogen and oxygen atoms in total. The fourth-order valence-electron chi connectivity index (χ4n) is 2.65. The number of benzene rings is 1. The number of methoxy groups -OCH3 is 1. The molecule has 0 saturated heterocycles. The van der Waals surface area contributed by atoms with Crippen molar-refractivity contribution in [2.45, 2.75) is 50.8 Å². The van der Waals surface area contributed by atoms with Crippen LogP contribution in [0.5, 0.6) is 0 Å². The molecule has 0 saturated carbocycles. The summed E-state index contributed by atoms with van der Waals surface area (Å²) in [6.45, 7) is 6.26. The number of rotatable bonds is 8. The number of nitrogens with zero attached hydrogens (tertiary/aromatic N) is 1. The molecule has 0 aliphatic carbocycles. The van der Waals surface area contributed by atoms with Gasteiger partial charge in [-0.15, -0.1) is 0 Å². The van der Waals surface area contributed by atoms with E-state index in [0.717, 1.165) is 19.7 Å². The maximum absolute atomic E-state index is 13.8. The van der Waals surface area contributed by atoms with E-state index in [9.17, 15) is 30.7 Å². The molecule has 0 aliphatic rings. The molecule has 0 aliphatic heterocycles. The lowest BCUT2D eigenvalue weighted by molar-refractivity contribution is -0.361. The number of hydrogen-bond acceptors (Lipinski definition) is 2. The van der Waals surface area contributed by atoms with Gasteiger partial charge in [0, 0.05) is 25.9 Å². The zero-order chi connectivity index (χ0) is 20.4. The first kappa shape index (κ1) is 22.5. The first-order valence-corrected chi connectivity index (χ1v) is 7.98. The summed E-state index contributed by atoms with van der Waals surface area (Å²) in [6.07, 6.45) is -8.19. The van der Waals surface area contributed by atoms with Crippen molar-refractivity contribution in [1.29, 1.82) is 0 Å². The highest BCUT2D eigenvalue weighted by atomic mass is 19.4. The third-order valence-electron chi connectivity index (χ3n) is 4.43. The van der Waals surface area contributed by atoms with Gasteiger partial charge < -0.3 is 9.64 Å². The van der Waals surface area contributed by atoms with Crippen LogP contribution >= 0.6 is 0 Å².